The minimum absolute atomic E-state index is 0.290. The number of hydrogen-bond acceptors (Lipinski definition) is 4. The molecule has 4 rings (SSSR count). The molecule has 0 aromatic heterocycles. The normalized spacial score (nSPS) is 20.6. The maximum atomic E-state index is 14.0. The molecule has 2 aliphatic rings. The van der Waals surface area contributed by atoms with Crippen LogP contribution in [0.5, 0.6) is 0 Å². The SMILES string of the molecule is COC(C(c1ccccc1)c1cc(F)c(F)c(F)c1)N1CCC2(CC1)CNC(=O)O2. The van der Waals surface area contributed by atoms with Gasteiger partial charge in [0, 0.05) is 39.0 Å². The van der Waals surface area contributed by atoms with Crippen molar-refractivity contribution < 1.29 is 27.4 Å². The molecule has 2 aromatic carbocycles. The van der Waals surface area contributed by atoms with Gasteiger partial charge in [-0.3, -0.25) is 4.90 Å². The van der Waals surface area contributed by atoms with Crippen LogP contribution in [0.25, 0.3) is 0 Å². The fourth-order valence-electron chi connectivity index (χ4n) is 4.40. The molecule has 1 N–H and O–H groups in total. The lowest BCUT2D eigenvalue weighted by atomic mass is 9.86. The van der Waals surface area contributed by atoms with Crippen molar-refractivity contribution in [1.29, 1.82) is 0 Å². The number of alkyl carbamates (subject to hydrolysis) is 1. The zero-order valence-corrected chi connectivity index (χ0v) is 16.5. The van der Waals surface area contributed by atoms with Gasteiger partial charge in [-0.05, 0) is 23.3 Å². The number of carbonyl (C=O) groups excluding carboxylic acids is 1. The molecule has 0 saturated carbocycles. The molecule has 30 heavy (non-hydrogen) atoms. The smallest absolute Gasteiger partial charge is 0.407 e. The third-order valence-electron chi connectivity index (χ3n) is 5.98. The van der Waals surface area contributed by atoms with Crippen molar-refractivity contribution in [3.05, 3.63) is 71.0 Å². The van der Waals surface area contributed by atoms with E-state index in [-0.39, 0.29) is 0 Å². The topological polar surface area (TPSA) is 50.8 Å². The largest absolute Gasteiger partial charge is 0.441 e. The first-order valence-electron chi connectivity index (χ1n) is 9.85. The van der Waals surface area contributed by atoms with Gasteiger partial charge < -0.3 is 14.8 Å². The van der Waals surface area contributed by atoms with E-state index in [0.717, 1.165) is 17.7 Å². The Bertz CT molecular complexity index is 894. The van der Waals surface area contributed by atoms with Crippen molar-refractivity contribution >= 4 is 6.09 Å². The zero-order chi connectivity index (χ0) is 21.3. The zero-order valence-electron chi connectivity index (χ0n) is 16.5. The summed E-state index contributed by atoms with van der Waals surface area (Å²) in [6.45, 7) is 1.61. The molecular weight excluding hydrogens is 397 g/mol. The lowest BCUT2D eigenvalue weighted by Crippen LogP contribution is -2.52. The number of nitrogens with zero attached hydrogens (tertiary/aromatic N) is 1. The molecule has 2 fully saturated rings. The minimum atomic E-state index is -1.49. The van der Waals surface area contributed by atoms with E-state index in [0.29, 0.717) is 38.0 Å². The van der Waals surface area contributed by atoms with Crippen LogP contribution in [0.3, 0.4) is 0 Å². The molecule has 2 saturated heterocycles. The van der Waals surface area contributed by atoms with Crippen LogP contribution in [-0.2, 0) is 9.47 Å². The number of carbonyl (C=O) groups is 1. The number of amides is 1. The Balaban J connectivity index is 1.65. The highest BCUT2D eigenvalue weighted by atomic mass is 19.2. The predicted octanol–water partition coefficient (Wildman–Crippen LogP) is 3.78. The number of ether oxygens (including phenoxy) is 2. The van der Waals surface area contributed by atoms with Crippen LogP contribution in [0.4, 0.5) is 18.0 Å². The van der Waals surface area contributed by atoms with Crippen molar-refractivity contribution in [2.24, 2.45) is 0 Å². The predicted molar refractivity (Wildman–Crippen MR) is 103 cm³/mol. The van der Waals surface area contributed by atoms with E-state index in [1.807, 2.05) is 30.3 Å². The Labute approximate surface area is 172 Å². The molecule has 1 amide bonds. The van der Waals surface area contributed by atoms with E-state index in [4.69, 9.17) is 9.47 Å². The number of methoxy groups -OCH3 is 1. The Morgan fingerprint density at radius 1 is 1.07 bits per heavy atom. The highest BCUT2D eigenvalue weighted by Gasteiger charge is 2.45. The second-order valence-electron chi connectivity index (χ2n) is 7.78. The van der Waals surface area contributed by atoms with E-state index < -0.39 is 41.3 Å². The quantitative estimate of drug-likeness (QED) is 0.748. The molecule has 0 radical (unpaired) electrons. The third-order valence-corrected chi connectivity index (χ3v) is 5.98. The summed E-state index contributed by atoms with van der Waals surface area (Å²) in [4.78, 5) is 13.5. The number of halogens is 3. The van der Waals surface area contributed by atoms with Crippen LogP contribution in [0.1, 0.15) is 29.9 Å². The van der Waals surface area contributed by atoms with Gasteiger partial charge in [0.15, 0.2) is 17.5 Å². The van der Waals surface area contributed by atoms with Crippen LogP contribution in [0, 0.1) is 17.5 Å². The van der Waals surface area contributed by atoms with E-state index in [1.54, 1.807) is 7.11 Å². The first kappa shape index (κ1) is 20.7. The fraction of sp³-hybridized carbons (Fsp3) is 0.409. The van der Waals surface area contributed by atoms with Gasteiger partial charge in [0.2, 0.25) is 0 Å². The summed E-state index contributed by atoms with van der Waals surface area (Å²) >= 11 is 0. The molecule has 8 heteroatoms. The number of likely N-dealkylation sites (tertiary alicyclic amines) is 1. The number of rotatable bonds is 5. The first-order chi connectivity index (χ1) is 14.4. The van der Waals surface area contributed by atoms with Gasteiger partial charge in [-0.15, -0.1) is 0 Å². The van der Waals surface area contributed by atoms with Gasteiger partial charge in [-0.2, -0.15) is 0 Å². The molecule has 0 aliphatic carbocycles. The molecule has 2 aliphatic heterocycles. The monoisotopic (exact) mass is 420 g/mol. The second kappa shape index (κ2) is 8.28. The molecule has 5 nitrogen and oxygen atoms in total. The Morgan fingerprint density at radius 2 is 1.70 bits per heavy atom. The van der Waals surface area contributed by atoms with E-state index in [1.165, 1.54) is 0 Å². The summed E-state index contributed by atoms with van der Waals surface area (Å²) in [7, 11) is 1.54. The summed E-state index contributed by atoms with van der Waals surface area (Å²) < 4.78 is 52.9. The lowest BCUT2D eigenvalue weighted by Gasteiger charge is -2.43. The van der Waals surface area contributed by atoms with Gasteiger partial charge in [-0.1, -0.05) is 30.3 Å². The maximum absolute atomic E-state index is 14.0. The molecule has 2 unspecified atom stereocenters. The molecule has 160 valence electrons. The van der Waals surface area contributed by atoms with Crippen LogP contribution >= 0.6 is 0 Å². The van der Waals surface area contributed by atoms with E-state index >= 15 is 0 Å². The fourth-order valence-corrected chi connectivity index (χ4v) is 4.40. The molecule has 2 heterocycles. The highest BCUT2D eigenvalue weighted by molar-refractivity contribution is 5.70. The second-order valence-corrected chi connectivity index (χ2v) is 7.78. The lowest BCUT2D eigenvalue weighted by molar-refractivity contribution is -0.0847. The molecule has 1 spiro atoms. The molecule has 2 atom stereocenters. The van der Waals surface area contributed by atoms with Crippen LogP contribution in [0.2, 0.25) is 0 Å². The molecular formula is C22H23F3N2O3. The summed E-state index contributed by atoms with van der Waals surface area (Å²) in [6, 6.07) is 11.3. The van der Waals surface area contributed by atoms with E-state index in [9.17, 15) is 18.0 Å². The number of benzene rings is 2. The van der Waals surface area contributed by atoms with Crippen molar-refractivity contribution in [3.8, 4) is 0 Å². The third kappa shape index (κ3) is 3.89. The van der Waals surface area contributed by atoms with Crippen LogP contribution < -0.4 is 5.32 Å². The summed E-state index contributed by atoms with van der Waals surface area (Å²) in [5.41, 5.74) is 0.560. The van der Waals surface area contributed by atoms with Gasteiger partial charge >= 0.3 is 6.09 Å². The Morgan fingerprint density at radius 3 is 2.23 bits per heavy atom. The van der Waals surface area contributed by atoms with E-state index in [2.05, 4.69) is 10.2 Å². The van der Waals surface area contributed by atoms with Gasteiger partial charge in [0.1, 0.15) is 11.8 Å². The summed E-state index contributed by atoms with van der Waals surface area (Å²) in [5, 5.41) is 2.70. The Hall–Kier alpha value is -2.58. The highest BCUT2D eigenvalue weighted by Crippen LogP contribution is 2.37. The standard InChI is InChI=1S/C22H23F3N2O3/c1-29-20(27-9-7-22(8-10-27)13-26-21(28)30-22)18(14-5-3-2-4-6-14)15-11-16(23)19(25)17(24)12-15/h2-6,11-12,18,20H,7-10,13H2,1H3,(H,26,28). The molecule has 2 aromatic rings. The van der Waals surface area contributed by atoms with Crippen molar-refractivity contribution in [1.82, 2.24) is 10.2 Å². The average Bonchev–Trinajstić information content (AvgIpc) is 3.11. The average molecular weight is 420 g/mol. The first-order valence-corrected chi connectivity index (χ1v) is 9.85. The van der Waals surface area contributed by atoms with Crippen molar-refractivity contribution in [2.75, 3.05) is 26.7 Å². The number of piperidine rings is 1. The maximum Gasteiger partial charge on any atom is 0.407 e. The van der Waals surface area contributed by atoms with Gasteiger partial charge in [0.25, 0.3) is 0 Å². The minimum Gasteiger partial charge on any atom is -0.441 e. The van der Waals surface area contributed by atoms with Crippen molar-refractivity contribution in [2.45, 2.75) is 30.6 Å². The van der Waals surface area contributed by atoms with Gasteiger partial charge in [0.05, 0.1) is 6.54 Å². The van der Waals surface area contributed by atoms with Gasteiger partial charge in [-0.25, -0.2) is 18.0 Å². The summed E-state index contributed by atoms with van der Waals surface area (Å²) in [5.74, 6) is -4.50. The van der Waals surface area contributed by atoms with Crippen molar-refractivity contribution in [3.63, 3.8) is 0 Å². The number of nitrogens with one attached hydrogen (secondary N) is 1. The number of hydrogen-bond donors (Lipinski definition) is 1. The van der Waals surface area contributed by atoms with Crippen LogP contribution in [-0.4, -0.2) is 49.6 Å². The molecule has 0 bridgehead atoms. The van der Waals surface area contributed by atoms with Crippen LogP contribution in [0.15, 0.2) is 42.5 Å². The Kier molecular flexibility index (Phi) is 5.71. The summed E-state index contributed by atoms with van der Waals surface area (Å²) in [6.07, 6.45) is 0.267.